The van der Waals surface area contributed by atoms with Gasteiger partial charge in [0.05, 0.1) is 0 Å². The van der Waals surface area contributed by atoms with Crippen LogP contribution in [0, 0.1) is 5.92 Å². The van der Waals surface area contributed by atoms with E-state index in [1.807, 2.05) is 72.8 Å². The topological polar surface area (TPSA) is 44.8 Å². The van der Waals surface area contributed by atoms with Crippen molar-refractivity contribution in [3.05, 3.63) is 90.5 Å². The number of benzene rings is 3. The standard InChI is InChI=1S/C23H18Cl2O4/c24-23(25)20(21(23)29-18-11-5-2-6-12-18)22(26)27-15-16-8-7-13-19(14-16)28-17-9-3-1-4-10-17/h1-14,20-21H,15H2. The summed E-state index contributed by atoms with van der Waals surface area (Å²) in [6.45, 7) is 0.0865. The first kappa shape index (κ1) is 19.6. The van der Waals surface area contributed by atoms with Crippen molar-refractivity contribution in [2.75, 3.05) is 0 Å². The summed E-state index contributed by atoms with van der Waals surface area (Å²) in [5, 5.41) is 0. The number of hydrogen-bond donors (Lipinski definition) is 0. The van der Waals surface area contributed by atoms with Crippen LogP contribution < -0.4 is 9.47 Å². The molecule has 0 aromatic heterocycles. The highest BCUT2D eigenvalue weighted by Crippen LogP contribution is 2.55. The van der Waals surface area contributed by atoms with Gasteiger partial charge >= 0.3 is 5.97 Å². The average Bonchev–Trinajstić information content (AvgIpc) is 3.28. The number of halogens is 2. The Labute approximate surface area is 178 Å². The van der Waals surface area contributed by atoms with Gasteiger partial charge in [0, 0.05) is 0 Å². The molecule has 1 saturated carbocycles. The SMILES string of the molecule is O=C(OCc1cccc(Oc2ccccc2)c1)C1C(Oc2ccccc2)C1(Cl)Cl. The minimum absolute atomic E-state index is 0.0865. The van der Waals surface area contributed by atoms with Crippen molar-refractivity contribution in [2.45, 2.75) is 17.0 Å². The molecule has 3 aromatic rings. The molecular weight excluding hydrogens is 411 g/mol. The van der Waals surface area contributed by atoms with Gasteiger partial charge in [0.2, 0.25) is 0 Å². The number of alkyl halides is 2. The van der Waals surface area contributed by atoms with E-state index in [4.69, 9.17) is 37.4 Å². The normalized spacial score (nSPS) is 19.2. The van der Waals surface area contributed by atoms with Crippen molar-refractivity contribution >= 4 is 29.2 Å². The highest BCUT2D eigenvalue weighted by Gasteiger charge is 2.71. The number of ether oxygens (including phenoxy) is 3. The fourth-order valence-corrected chi connectivity index (χ4v) is 3.56. The van der Waals surface area contributed by atoms with E-state index in [0.717, 1.165) is 11.3 Å². The number of rotatable bonds is 7. The van der Waals surface area contributed by atoms with Gasteiger partial charge in [0.15, 0.2) is 4.33 Å². The van der Waals surface area contributed by atoms with E-state index in [-0.39, 0.29) is 6.61 Å². The quantitative estimate of drug-likeness (QED) is 0.353. The van der Waals surface area contributed by atoms with Crippen molar-refractivity contribution in [2.24, 2.45) is 5.92 Å². The van der Waals surface area contributed by atoms with Crippen LogP contribution in [0.15, 0.2) is 84.9 Å². The van der Waals surface area contributed by atoms with E-state index in [1.165, 1.54) is 0 Å². The molecule has 3 aromatic carbocycles. The van der Waals surface area contributed by atoms with Crippen LogP contribution in [0.3, 0.4) is 0 Å². The third-order valence-corrected chi connectivity index (χ3v) is 5.41. The Morgan fingerprint density at radius 3 is 2.14 bits per heavy atom. The minimum Gasteiger partial charge on any atom is -0.486 e. The summed E-state index contributed by atoms with van der Waals surface area (Å²) in [6, 6.07) is 25.9. The summed E-state index contributed by atoms with van der Waals surface area (Å²) in [4.78, 5) is 12.5. The van der Waals surface area contributed by atoms with E-state index >= 15 is 0 Å². The third kappa shape index (κ3) is 4.66. The predicted molar refractivity (Wildman–Crippen MR) is 112 cm³/mol. The predicted octanol–water partition coefficient (Wildman–Crippen LogP) is 5.77. The van der Waals surface area contributed by atoms with Crippen LogP contribution >= 0.6 is 23.2 Å². The van der Waals surface area contributed by atoms with Crippen molar-refractivity contribution in [3.63, 3.8) is 0 Å². The molecule has 0 aliphatic heterocycles. The third-order valence-electron chi connectivity index (χ3n) is 4.51. The molecule has 2 unspecified atom stereocenters. The van der Waals surface area contributed by atoms with Crippen LogP contribution in [0.4, 0.5) is 0 Å². The van der Waals surface area contributed by atoms with Crippen molar-refractivity contribution in [1.29, 1.82) is 0 Å². The fourth-order valence-electron chi connectivity index (χ4n) is 2.94. The van der Waals surface area contributed by atoms with Gasteiger partial charge in [-0.05, 0) is 42.0 Å². The minimum atomic E-state index is -1.30. The van der Waals surface area contributed by atoms with Gasteiger partial charge in [-0.1, -0.05) is 71.7 Å². The van der Waals surface area contributed by atoms with Crippen LogP contribution in [-0.2, 0) is 16.1 Å². The lowest BCUT2D eigenvalue weighted by Crippen LogP contribution is -2.12. The summed E-state index contributed by atoms with van der Waals surface area (Å²) in [5.41, 5.74) is 0.794. The summed E-state index contributed by atoms with van der Waals surface area (Å²) in [5.74, 6) is 0.754. The van der Waals surface area contributed by atoms with Crippen LogP contribution in [0.25, 0.3) is 0 Å². The van der Waals surface area contributed by atoms with Crippen LogP contribution in [-0.4, -0.2) is 16.4 Å². The lowest BCUT2D eigenvalue weighted by atomic mass is 10.2. The molecule has 6 heteroatoms. The monoisotopic (exact) mass is 428 g/mol. The molecule has 1 aliphatic carbocycles. The van der Waals surface area contributed by atoms with Gasteiger partial charge < -0.3 is 14.2 Å². The molecule has 0 N–H and O–H groups in total. The number of hydrogen-bond acceptors (Lipinski definition) is 4. The van der Waals surface area contributed by atoms with Gasteiger partial charge in [-0.2, -0.15) is 0 Å². The Kier molecular flexibility index (Phi) is 5.65. The molecule has 29 heavy (non-hydrogen) atoms. The lowest BCUT2D eigenvalue weighted by Gasteiger charge is -2.08. The molecule has 1 fully saturated rings. The number of carbonyl (C=O) groups is 1. The van der Waals surface area contributed by atoms with Crippen molar-refractivity contribution in [1.82, 2.24) is 0 Å². The molecule has 1 aliphatic rings. The highest BCUT2D eigenvalue weighted by molar-refractivity contribution is 6.53. The summed E-state index contributed by atoms with van der Waals surface area (Å²) in [7, 11) is 0. The van der Waals surface area contributed by atoms with Crippen LogP contribution in [0.5, 0.6) is 17.2 Å². The zero-order valence-corrected chi connectivity index (χ0v) is 16.8. The second-order valence-electron chi connectivity index (χ2n) is 6.67. The number of para-hydroxylation sites is 2. The van der Waals surface area contributed by atoms with Crippen LogP contribution in [0.1, 0.15) is 5.56 Å². The first-order valence-electron chi connectivity index (χ1n) is 9.12. The molecule has 4 nitrogen and oxygen atoms in total. The summed E-state index contributed by atoms with van der Waals surface area (Å²) < 4.78 is 15.6. The van der Waals surface area contributed by atoms with E-state index in [0.29, 0.717) is 11.5 Å². The van der Waals surface area contributed by atoms with Gasteiger partial charge in [0.25, 0.3) is 0 Å². The Morgan fingerprint density at radius 1 is 0.828 bits per heavy atom. The first-order valence-corrected chi connectivity index (χ1v) is 9.87. The zero-order valence-electron chi connectivity index (χ0n) is 15.3. The van der Waals surface area contributed by atoms with E-state index < -0.39 is 22.3 Å². The molecular formula is C23H18Cl2O4. The first-order chi connectivity index (χ1) is 14.0. The molecule has 0 radical (unpaired) electrons. The molecule has 0 amide bonds. The summed E-state index contributed by atoms with van der Waals surface area (Å²) in [6.07, 6.45) is -0.645. The maximum absolute atomic E-state index is 12.5. The van der Waals surface area contributed by atoms with Gasteiger partial charge in [-0.15, -0.1) is 0 Å². The van der Waals surface area contributed by atoms with Gasteiger partial charge in [0.1, 0.15) is 35.9 Å². The highest BCUT2D eigenvalue weighted by atomic mass is 35.5. The fraction of sp³-hybridized carbons (Fsp3) is 0.174. The van der Waals surface area contributed by atoms with E-state index in [1.54, 1.807) is 12.1 Å². The largest absolute Gasteiger partial charge is 0.486 e. The Hall–Kier alpha value is -2.69. The van der Waals surface area contributed by atoms with E-state index in [2.05, 4.69) is 0 Å². The maximum atomic E-state index is 12.5. The van der Waals surface area contributed by atoms with Crippen molar-refractivity contribution < 1.29 is 19.0 Å². The van der Waals surface area contributed by atoms with E-state index in [9.17, 15) is 4.79 Å². The second kappa shape index (κ2) is 8.36. The van der Waals surface area contributed by atoms with Crippen molar-refractivity contribution in [3.8, 4) is 17.2 Å². The Bertz CT molecular complexity index is 976. The van der Waals surface area contributed by atoms with Gasteiger partial charge in [-0.25, -0.2) is 0 Å². The molecule has 4 rings (SSSR count). The summed E-state index contributed by atoms with van der Waals surface area (Å²) >= 11 is 12.5. The molecule has 0 bridgehead atoms. The maximum Gasteiger partial charge on any atom is 0.316 e. The van der Waals surface area contributed by atoms with Crippen LogP contribution in [0.2, 0.25) is 0 Å². The Balaban J connectivity index is 1.34. The Morgan fingerprint density at radius 2 is 1.45 bits per heavy atom. The molecule has 148 valence electrons. The zero-order chi connectivity index (χ0) is 20.3. The molecule has 0 saturated heterocycles. The number of esters is 1. The smallest absolute Gasteiger partial charge is 0.316 e. The van der Waals surface area contributed by atoms with Gasteiger partial charge in [-0.3, -0.25) is 4.79 Å². The molecule has 0 heterocycles. The molecule has 2 atom stereocenters. The lowest BCUT2D eigenvalue weighted by molar-refractivity contribution is -0.147. The number of carbonyl (C=O) groups excluding carboxylic acids is 1. The average molecular weight is 429 g/mol. The second-order valence-corrected chi connectivity index (χ2v) is 8.12. The molecule has 0 spiro atoms.